The van der Waals surface area contributed by atoms with Gasteiger partial charge in [0.2, 0.25) is 0 Å². The average Bonchev–Trinajstić information content (AvgIpc) is 3.01. The summed E-state index contributed by atoms with van der Waals surface area (Å²) in [6.45, 7) is 4.00. The number of hydrogen-bond donors (Lipinski definition) is 2. The van der Waals surface area contributed by atoms with Gasteiger partial charge >= 0.3 is 0 Å². The molecule has 0 saturated heterocycles. The van der Waals surface area contributed by atoms with Crippen molar-refractivity contribution in [2.45, 2.75) is 26.3 Å². The number of carbonyl (C=O) groups is 1. The minimum atomic E-state index is -0.783. The first kappa shape index (κ1) is 17.1. The van der Waals surface area contributed by atoms with Crippen LogP contribution in [0, 0.1) is 17.6 Å². The molecule has 1 aromatic heterocycles. The van der Waals surface area contributed by atoms with Crippen molar-refractivity contribution in [3.8, 4) is 0 Å². The number of benzene rings is 2. The van der Waals surface area contributed by atoms with Crippen LogP contribution in [-0.2, 0) is 0 Å². The van der Waals surface area contributed by atoms with E-state index in [0.717, 1.165) is 35.7 Å². The number of H-pyrrole nitrogens is 1. The summed E-state index contributed by atoms with van der Waals surface area (Å²) in [6, 6.07) is 9.96. The zero-order valence-corrected chi connectivity index (χ0v) is 14.0. The maximum atomic E-state index is 13.4. The number of halogens is 2. The summed E-state index contributed by atoms with van der Waals surface area (Å²) in [4.78, 5) is 20.2. The highest BCUT2D eigenvalue weighted by Gasteiger charge is 2.24. The third-order valence-electron chi connectivity index (χ3n) is 4.33. The van der Waals surface area contributed by atoms with Crippen LogP contribution < -0.4 is 5.32 Å². The molecule has 0 radical (unpaired) electrons. The molecule has 130 valence electrons. The van der Waals surface area contributed by atoms with E-state index < -0.39 is 23.6 Å². The van der Waals surface area contributed by atoms with Crippen LogP contribution in [0.2, 0.25) is 0 Å². The van der Waals surface area contributed by atoms with Gasteiger partial charge in [0, 0.05) is 11.6 Å². The van der Waals surface area contributed by atoms with Gasteiger partial charge in [0.25, 0.3) is 5.91 Å². The Labute approximate surface area is 144 Å². The third-order valence-corrected chi connectivity index (χ3v) is 4.33. The van der Waals surface area contributed by atoms with E-state index in [0.29, 0.717) is 5.82 Å². The summed E-state index contributed by atoms with van der Waals surface area (Å²) in [6.07, 6.45) is 0.805. The summed E-state index contributed by atoms with van der Waals surface area (Å²) < 4.78 is 26.7. The van der Waals surface area contributed by atoms with E-state index in [-0.39, 0.29) is 11.5 Å². The topological polar surface area (TPSA) is 57.8 Å². The Morgan fingerprint density at radius 3 is 2.52 bits per heavy atom. The SMILES string of the molecule is CC[C@H](C)[C@H](NC(=O)c1cc(F)cc(F)c1)c1nc2ccccc2[nH]1. The number of fused-ring (bicyclic) bond motifs is 1. The smallest absolute Gasteiger partial charge is 0.252 e. The summed E-state index contributed by atoms with van der Waals surface area (Å²) >= 11 is 0. The highest BCUT2D eigenvalue weighted by molar-refractivity contribution is 5.94. The van der Waals surface area contributed by atoms with Crippen molar-refractivity contribution in [2.75, 3.05) is 0 Å². The van der Waals surface area contributed by atoms with Gasteiger partial charge in [-0.15, -0.1) is 0 Å². The van der Waals surface area contributed by atoms with Crippen LogP contribution in [0.4, 0.5) is 8.78 Å². The van der Waals surface area contributed by atoms with Gasteiger partial charge in [-0.3, -0.25) is 4.79 Å². The summed E-state index contributed by atoms with van der Waals surface area (Å²) in [5.74, 6) is -1.39. The van der Waals surface area contributed by atoms with Gasteiger partial charge in [-0.2, -0.15) is 0 Å². The number of aromatic amines is 1. The number of rotatable bonds is 5. The molecule has 0 aliphatic heterocycles. The van der Waals surface area contributed by atoms with E-state index in [1.54, 1.807) is 0 Å². The molecule has 3 aromatic rings. The largest absolute Gasteiger partial charge is 0.342 e. The molecular formula is C19H19F2N3O. The number of carbonyl (C=O) groups excluding carboxylic acids is 1. The predicted molar refractivity (Wildman–Crippen MR) is 92.1 cm³/mol. The maximum absolute atomic E-state index is 13.4. The molecule has 25 heavy (non-hydrogen) atoms. The molecule has 0 aliphatic carbocycles. The quantitative estimate of drug-likeness (QED) is 0.723. The molecule has 0 saturated carbocycles. The Morgan fingerprint density at radius 1 is 1.20 bits per heavy atom. The van der Waals surface area contributed by atoms with E-state index >= 15 is 0 Å². The van der Waals surface area contributed by atoms with Crippen molar-refractivity contribution < 1.29 is 13.6 Å². The molecule has 0 fully saturated rings. The van der Waals surface area contributed by atoms with Gasteiger partial charge in [-0.1, -0.05) is 32.4 Å². The van der Waals surface area contributed by atoms with Crippen molar-refractivity contribution in [3.63, 3.8) is 0 Å². The van der Waals surface area contributed by atoms with Gasteiger partial charge in [0.15, 0.2) is 0 Å². The molecular weight excluding hydrogens is 324 g/mol. The van der Waals surface area contributed by atoms with Crippen LogP contribution in [0.5, 0.6) is 0 Å². The number of hydrogen-bond acceptors (Lipinski definition) is 2. The van der Waals surface area contributed by atoms with Gasteiger partial charge < -0.3 is 10.3 Å². The minimum absolute atomic E-state index is 0.0538. The number of para-hydroxylation sites is 2. The van der Waals surface area contributed by atoms with Crippen molar-refractivity contribution in [3.05, 3.63) is 65.5 Å². The fourth-order valence-electron chi connectivity index (χ4n) is 2.75. The van der Waals surface area contributed by atoms with Crippen molar-refractivity contribution in [2.24, 2.45) is 5.92 Å². The van der Waals surface area contributed by atoms with Crippen LogP contribution in [0.3, 0.4) is 0 Å². The fraction of sp³-hybridized carbons (Fsp3) is 0.263. The van der Waals surface area contributed by atoms with Crippen LogP contribution in [0.1, 0.15) is 42.5 Å². The molecule has 4 nitrogen and oxygen atoms in total. The van der Waals surface area contributed by atoms with Crippen molar-refractivity contribution >= 4 is 16.9 Å². The first-order valence-corrected chi connectivity index (χ1v) is 8.19. The van der Waals surface area contributed by atoms with Crippen LogP contribution in [0.15, 0.2) is 42.5 Å². The van der Waals surface area contributed by atoms with Gasteiger partial charge in [0.05, 0.1) is 17.1 Å². The molecule has 2 aromatic carbocycles. The zero-order chi connectivity index (χ0) is 18.0. The lowest BCUT2D eigenvalue weighted by Crippen LogP contribution is -2.33. The number of imidazole rings is 1. The lowest BCUT2D eigenvalue weighted by Gasteiger charge is -2.22. The van der Waals surface area contributed by atoms with E-state index in [2.05, 4.69) is 15.3 Å². The Balaban J connectivity index is 1.92. The Hall–Kier alpha value is -2.76. The van der Waals surface area contributed by atoms with Gasteiger partial charge in [0.1, 0.15) is 17.5 Å². The molecule has 0 unspecified atom stereocenters. The molecule has 6 heteroatoms. The highest BCUT2D eigenvalue weighted by Crippen LogP contribution is 2.25. The molecule has 3 rings (SSSR count). The van der Waals surface area contributed by atoms with Gasteiger partial charge in [-0.25, -0.2) is 13.8 Å². The number of nitrogens with zero attached hydrogens (tertiary/aromatic N) is 1. The predicted octanol–water partition coefficient (Wildman–Crippen LogP) is 4.36. The van der Waals surface area contributed by atoms with Crippen LogP contribution >= 0.6 is 0 Å². The van der Waals surface area contributed by atoms with Crippen LogP contribution in [0.25, 0.3) is 11.0 Å². The molecule has 0 spiro atoms. The second kappa shape index (κ2) is 7.01. The number of nitrogens with one attached hydrogen (secondary N) is 2. The number of aromatic nitrogens is 2. The summed E-state index contributed by atoms with van der Waals surface area (Å²) in [5.41, 5.74) is 1.62. The first-order valence-electron chi connectivity index (χ1n) is 8.19. The van der Waals surface area contributed by atoms with Crippen molar-refractivity contribution in [1.29, 1.82) is 0 Å². The van der Waals surface area contributed by atoms with Gasteiger partial charge in [-0.05, 0) is 30.2 Å². The van der Waals surface area contributed by atoms with E-state index in [9.17, 15) is 13.6 Å². The lowest BCUT2D eigenvalue weighted by atomic mass is 9.98. The molecule has 0 aliphatic rings. The third kappa shape index (κ3) is 3.68. The average molecular weight is 343 g/mol. The molecule has 2 N–H and O–H groups in total. The normalized spacial score (nSPS) is 13.6. The van der Waals surface area contributed by atoms with E-state index in [4.69, 9.17) is 0 Å². The molecule has 0 bridgehead atoms. The second-order valence-electron chi connectivity index (χ2n) is 6.13. The maximum Gasteiger partial charge on any atom is 0.252 e. The minimum Gasteiger partial charge on any atom is -0.342 e. The Morgan fingerprint density at radius 2 is 1.88 bits per heavy atom. The van der Waals surface area contributed by atoms with E-state index in [1.807, 2.05) is 38.1 Å². The summed E-state index contributed by atoms with van der Waals surface area (Å²) in [5, 5.41) is 2.85. The lowest BCUT2D eigenvalue weighted by molar-refractivity contribution is 0.0919. The molecule has 1 heterocycles. The monoisotopic (exact) mass is 343 g/mol. The number of amides is 1. The Kier molecular flexibility index (Phi) is 4.79. The zero-order valence-electron chi connectivity index (χ0n) is 14.0. The summed E-state index contributed by atoms with van der Waals surface area (Å²) in [7, 11) is 0. The highest BCUT2D eigenvalue weighted by atomic mass is 19.1. The van der Waals surface area contributed by atoms with Crippen molar-refractivity contribution in [1.82, 2.24) is 15.3 Å². The second-order valence-corrected chi connectivity index (χ2v) is 6.13. The van der Waals surface area contributed by atoms with Crippen LogP contribution in [-0.4, -0.2) is 15.9 Å². The molecule has 2 atom stereocenters. The molecule has 1 amide bonds. The van der Waals surface area contributed by atoms with E-state index in [1.165, 1.54) is 0 Å². The first-order chi connectivity index (χ1) is 12.0. The Bertz CT molecular complexity index is 853. The standard InChI is InChI=1S/C19H19F2N3O/c1-3-11(2)17(18-22-15-6-4-5-7-16(15)23-18)24-19(25)12-8-13(20)10-14(21)9-12/h4-11,17H,3H2,1-2H3,(H,22,23)(H,24,25)/t11-,17-/m0/s1. The fourth-order valence-corrected chi connectivity index (χ4v) is 2.75.